The number of hydrogen-bond acceptors (Lipinski definition) is 6. The molecular weight excluding hydrogens is 335 g/mol. The monoisotopic (exact) mass is 351 g/mol. The molecule has 0 spiro atoms. The number of hydrogen-bond donors (Lipinski definition) is 2. The van der Waals surface area contributed by atoms with E-state index in [2.05, 4.69) is 9.97 Å². The van der Waals surface area contributed by atoms with Crippen molar-refractivity contribution in [3.05, 3.63) is 23.8 Å². The maximum atomic E-state index is 13.0. The van der Waals surface area contributed by atoms with E-state index in [0.29, 0.717) is 23.5 Å². The van der Waals surface area contributed by atoms with Crippen LogP contribution in [0.4, 0.5) is 24.9 Å². The standard InChI is InChI=1S/C16H16F3N5O/c17-16(18,19)8-3-4-11-10(6-8)12-13(25-11)14(23-15(21)22-12)24-5-1-2-9(20)7-24/h3-4,6,9H,1-2,5,7,20H2,(H2,21,22,23)/t9-/m0/s1. The highest BCUT2D eigenvalue weighted by Gasteiger charge is 2.31. The molecule has 1 fully saturated rings. The van der Waals surface area contributed by atoms with E-state index in [1.807, 2.05) is 4.90 Å². The van der Waals surface area contributed by atoms with E-state index >= 15 is 0 Å². The number of benzene rings is 1. The molecule has 9 heteroatoms. The van der Waals surface area contributed by atoms with E-state index in [1.54, 1.807) is 0 Å². The number of aromatic nitrogens is 2. The molecule has 1 aliphatic heterocycles. The van der Waals surface area contributed by atoms with Crippen molar-refractivity contribution in [2.45, 2.75) is 25.1 Å². The van der Waals surface area contributed by atoms with Crippen molar-refractivity contribution >= 4 is 33.8 Å². The molecule has 25 heavy (non-hydrogen) atoms. The molecule has 0 unspecified atom stereocenters. The highest BCUT2D eigenvalue weighted by Crippen LogP contribution is 2.37. The summed E-state index contributed by atoms with van der Waals surface area (Å²) in [6.07, 6.45) is -2.64. The van der Waals surface area contributed by atoms with Crippen LogP contribution in [0.15, 0.2) is 22.6 Å². The molecule has 1 aliphatic rings. The van der Waals surface area contributed by atoms with Gasteiger partial charge in [-0.15, -0.1) is 0 Å². The van der Waals surface area contributed by atoms with Gasteiger partial charge in [-0.25, -0.2) is 4.98 Å². The van der Waals surface area contributed by atoms with E-state index in [1.165, 1.54) is 6.07 Å². The first kappa shape index (κ1) is 15.9. The van der Waals surface area contributed by atoms with E-state index in [-0.39, 0.29) is 22.9 Å². The van der Waals surface area contributed by atoms with Gasteiger partial charge in [-0.3, -0.25) is 0 Å². The van der Waals surface area contributed by atoms with Crippen molar-refractivity contribution < 1.29 is 17.6 Å². The number of rotatable bonds is 1. The Bertz CT molecular complexity index is 952. The van der Waals surface area contributed by atoms with Gasteiger partial charge in [-0.1, -0.05) is 0 Å². The van der Waals surface area contributed by atoms with Gasteiger partial charge in [0, 0.05) is 24.5 Å². The maximum Gasteiger partial charge on any atom is 0.416 e. The molecule has 132 valence electrons. The molecule has 3 aromatic rings. The molecule has 0 radical (unpaired) electrons. The summed E-state index contributed by atoms with van der Waals surface area (Å²) < 4.78 is 44.8. The highest BCUT2D eigenvalue weighted by molar-refractivity contribution is 6.06. The lowest BCUT2D eigenvalue weighted by Crippen LogP contribution is -2.43. The Morgan fingerprint density at radius 2 is 2.04 bits per heavy atom. The second kappa shape index (κ2) is 5.48. The second-order valence-electron chi connectivity index (χ2n) is 6.24. The summed E-state index contributed by atoms with van der Waals surface area (Å²) in [5.41, 5.74) is 12.0. The van der Waals surface area contributed by atoms with Crippen molar-refractivity contribution in [1.82, 2.24) is 9.97 Å². The minimum absolute atomic E-state index is 0.00111. The lowest BCUT2D eigenvalue weighted by atomic mass is 10.1. The Balaban J connectivity index is 1.93. The molecule has 1 atom stereocenters. The molecular formula is C16H16F3N5O. The normalized spacial score (nSPS) is 19.0. The van der Waals surface area contributed by atoms with Crippen molar-refractivity contribution in [3.63, 3.8) is 0 Å². The zero-order chi connectivity index (χ0) is 17.8. The van der Waals surface area contributed by atoms with Crippen molar-refractivity contribution in [3.8, 4) is 0 Å². The third-order valence-electron chi connectivity index (χ3n) is 4.40. The number of furan rings is 1. The minimum Gasteiger partial charge on any atom is -0.450 e. The van der Waals surface area contributed by atoms with Crippen LogP contribution in [0.3, 0.4) is 0 Å². The number of anilines is 2. The number of halogens is 3. The molecule has 0 aliphatic carbocycles. The molecule has 3 heterocycles. The number of piperidine rings is 1. The Morgan fingerprint density at radius 1 is 1.24 bits per heavy atom. The van der Waals surface area contributed by atoms with Gasteiger partial charge in [0.2, 0.25) is 5.95 Å². The fraction of sp³-hybridized carbons (Fsp3) is 0.375. The molecule has 1 aromatic carbocycles. The number of fused-ring (bicyclic) bond motifs is 3. The predicted octanol–water partition coefficient (Wildman–Crippen LogP) is 2.90. The number of nitrogens with two attached hydrogens (primary N) is 2. The zero-order valence-electron chi connectivity index (χ0n) is 13.2. The third kappa shape index (κ3) is 2.74. The summed E-state index contributed by atoms with van der Waals surface area (Å²) in [6, 6.07) is 3.31. The fourth-order valence-electron chi connectivity index (χ4n) is 3.24. The molecule has 0 bridgehead atoms. The lowest BCUT2D eigenvalue weighted by molar-refractivity contribution is -0.137. The van der Waals surface area contributed by atoms with Crippen LogP contribution < -0.4 is 16.4 Å². The first-order valence-corrected chi connectivity index (χ1v) is 7.90. The molecule has 0 amide bonds. The van der Waals surface area contributed by atoms with Crippen LogP contribution >= 0.6 is 0 Å². The summed E-state index contributed by atoms with van der Waals surface area (Å²) in [4.78, 5) is 10.3. The molecule has 2 aromatic heterocycles. The SMILES string of the molecule is Nc1nc(N2CCC[C@H](N)C2)c2oc3ccc(C(F)(F)F)cc3c2n1. The van der Waals surface area contributed by atoms with Crippen LogP contribution in [-0.4, -0.2) is 29.1 Å². The van der Waals surface area contributed by atoms with Crippen molar-refractivity contribution in [2.24, 2.45) is 5.73 Å². The first-order valence-electron chi connectivity index (χ1n) is 7.90. The van der Waals surface area contributed by atoms with Gasteiger partial charge in [0.05, 0.1) is 5.56 Å². The van der Waals surface area contributed by atoms with Gasteiger partial charge in [0.15, 0.2) is 11.4 Å². The number of nitrogens with zero attached hydrogens (tertiary/aromatic N) is 3. The third-order valence-corrected chi connectivity index (χ3v) is 4.40. The van der Waals surface area contributed by atoms with E-state index < -0.39 is 11.7 Å². The largest absolute Gasteiger partial charge is 0.450 e. The molecule has 1 saturated heterocycles. The van der Waals surface area contributed by atoms with Gasteiger partial charge >= 0.3 is 6.18 Å². The van der Waals surface area contributed by atoms with Crippen LogP contribution in [-0.2, 0) is 6.18 Å². The Kier molecular flexibility index (Phi) is 3.50. The quantitative estimate of drug-likeness (QED) is 0.700. The fourth-order valence-corrected chi connectivity index (χ4v) is 3.24. The molecule has 6 nitrogen and oxygen atoms in total. The van der Waals surface area contributed by atoms with Gasteiger partial charge in [0.25, 0.3) is 0 Å². The second-order valence-corrected chi connectivity index (χ2v) is 6.24. The average Bonchev–Trinajstić information content (AvgIpc) is 2.91. The lowest BCUT2D eigenvalue weighted by Gasteiger charge is -2.31. The molecule has 0 saturated carbocycles. The number of nitrogen functional groups attached to an aromatic ring is 1. The Hall–Kier alpha value is -2.55. The summed E-state index contributed by atoms with van der Waals surface area (Å²) in [5.74, 6) is 0.462. The topological polar surface area (TPSA) is 94.2 Å². The molecule has 4 rings (SSSR count). The van der Waals surface area contributed by atoms with Crippen molar-refractivity contribution in [2.75, 3.05) is 23.7 Å². The van der Waals surface area contributed by atoms with Gasteiger partial charge in [-0.2, -0.15) is 18.2 Å². The predicted molar refractivity (Wildman–Crippen MR) is 88.1 cm³/mol. The summed E-state index contributed by atoms with van der Waals surface area (Å²) in [6.45, 7) is 1.31. The first-order chi connectivity index (χ1) is 11.8. The van der Waals surface area contributed by atoms with Gasteiger partial charge in [-0.05, 0) is 31.0 Å². The summed E-state index contributed by atoms with van der Waals surface area (Å²) in [5, 5.41) is 0.265. The van der Waals surface area contributed by atoms with Crippen LogP contribution in [0.25, 0.3) is 22.1 Å². The van der Waals surface area contributed by atoms with Crippen LogP contribution in [0.5, 0.6) is 0 Å². The van der Waals surface area contributed by atoms with Crippen LogP contribution in [0.2, 0.25) is 0 Å². The Morgan fingerprint density at radius 3 is 2.76 bits per heavy atom. The van der Waals surface area contributed by atoms with Gasteiger partial charge < -0.3 is 20.8 Å². The van der Waals surface area contributed by atoms with Crippen LogP contribution in [0.1, 0.15) is 18.4 Å². The number of alkyl halides is 3. The zero-order valence-corrected chi connectivity index (χ0v) is 13.2. The highest BCUT2D eigenvalue weighted by atomic mass is 19.4. The molecule has 4 N–H and O–H groups in total. The average molecular weight is 351 g/mol. The minimum atomic E-state index is -4.45. The van der Waals surface area contributed by atoms with Crippen LogP contribution in [0, 0.1) is 0 Å². The summed E-state index contributed by atoms with van der Waals surface area (Å²) >= 11 is 0. The summed E-state index contributed by atoms with van der Waals surface area (Å²) in [7, 11) is 0. The van der Waals surface area contributed by atoms with Gasteiger partial charge in [0.1, 0.15) is 11.1 Å². The van der Waals surface area contributed by atoms with Crippen molar-refractivity contribution in [1.29, 1.82) is 0 Å². The maximum absolute atomic E-state index is 13.0. The smallest absolute Gasteiger partial charge is 0.416 e. The Labute approximate surface area is 140 Å². The van der Waals surface area contributed by atoms with E-state index in [9.17, 15) is 13.2 Å². The van der Waals surface area contributed by atoms with E-state index in [0.717, 1.165) is 31.5 Å². The van der Waals surface area contributed by atoms with E-state index in [4.69, 9.17) is 15.9 Å².